The van der Waals surface area contributed by atoms with Gasteiger partial charge in [-0.1, -0.05) is 0 Å². The molecule has 3 rings (SSSR count). The Balaban J connectivity index is 1.68. The third-order valence-corrected chi connectivity index (χ3v) is 4.59. The summed E-state index contributed by atoms with van der Waals surface area (Å²) in [4.78, 5) is 22.7. The van der Waals surface area contributed by atoms with Gasteiger partial charge in [-0.05, 0) is 45.1 Å². The van der Waals surface area contributed by atoms with Crippen molar-refractivity contribution in [2.45, 2.75) is 46.1 Å². The van der Waals surface area contributed by atoms with Gasteiger partial charge in [-0.25, -0.2) is 0 Å². The second-order valence-electron chi connectivity index (χ2n) is 6.83. The Bertz CT molecular complexity index is 692. The SMILES string of the molecule is CC(=O)N1CCC[C@@H](Cc2cnc(-c3ccnn3C(C)C)cn2)C1. The Hall–Kier alpha value is -2.24. The largest absolute Gasteiger partial charge is 0.343 e. The number of nitrogens with zero attached hydrogens (tertiary/aromatic N) is 5. The maximum Gasteiger partial charge on any atom is 0.219 e. The first-order chi connectivity index (χ1) is 11.5. The van der Waals surface area contributed by atoms with Gasteiger partial charge in [0.15, 0.2) is 0 Å². The van der Waals surface area contributed by atoms with E-state index in [0.717, 1.165) is 49.4 Å². The molecule has 2 aromatic heterocycles. The molecule has 0 spiro atoms. The van der Waals surface area contributed by atoms with Gasteiger partial charge in [0.2, 0.25) is 5.91 Å². The van der Waals surface area contributed by atoms with Crippen LogP contribution in [0.15, 0.2) is 24.7 Å². The van der Waals surface area contributed by atoms with Crippen LogP contribution in [0, 0.1) is 5.92 Å². The number of hydrogen-bond donors (Lipinski definition) is 0. The smallest absolute Gasteiger partial charge is 0.219 e. The first-order valence-electron chi connectivity index (χ1n) is 8.65. The van der Waals surface area contributed by atoms with Crippen molar-refractivity contribution in [1.29, 1.82) is 0 Å². The molecule has 128 valence electrons. The summed E-state index contributed by atoms with van der Waals surface area (Å²) < 4.78 is 1.95. The van der Waals surface area contributed by atoms with Gasteiger partial charge >= 0.3 is 0 Å². The number of aromatic nitrogens is 4. The van der Waals surface area contributed by atoms with E-state index in [2.05, 4.69) is 28.9 Å². The van der Waals surface area contributed by atoms with Crippen molar-refractivity contribution in [3.63, 3.8) is 0 Å². The van der Waals surface area contributed by atoms with E-state index in [4.69, 9.17) is 0 Å². The molecule has 1 saturated heterocycles. The van der Waals surface area contributed by atoms with Crippen molar-refractivity contribution in [2.24, 2.45) is 5.92 Å². The second-order valence-corrected chi connectivity index (χ2v) is 6.83. The molecule has 2 aromatic rings. The summed E-state index contributed by atoms with van der Waals surface area (Å²) in [5.74, 6) is 0.645. The zero-order valence-corrected chi connectivity index (χ0v) is 14.6. The molecule has 0 radical (unpaired) electrons. The van der Waals surface area contributed by atoms with Crippen LogP contribution in [0.4, 0.5) is 0 Å². The highest BCUT2D eigenvalue weighted by Crippen LogP contribution is 2.22. The number of carbonyl (C=O) groups is 1. The Morgan fingerprint density at radius 3 is 2.83 bits per heavy atom. The van der Waals surface area contributed by atoms with Crippen LogP contribution in [0.3, 0.4) is 0 Å². The molecular weight excluding hydrogens is 302 g/mol. The van der Waals surface area contributed by atoms with E-state index in [0.29, 0.717) is 5.92 Å². The van der Waals surface area contributed by atoms with E-state index in [9.17, 15) is 4.79 Å². The number of piperidine rings is 1. The van der Waals surface area contributed by atoms with Gasteiger partial charge in [0.1, 0.15) is 5.69 Å². The molecule has 6 nitrogen and oxygen atoms in total. The standard InChI is InChI=1S/C18H25N5O/c1-13(2)23-18(6-7-21-23)17-11-19-16(10-20-17)9-15-5-4-8-22(12-15)14(3)24/h6-7,10-11,13,15H,4-5,8-9,12H2,1-3H3/t15-/m0/s1. The van der Waals surface area contributed by atoms with E-state index in [1.807, 2.05) is 28.0 Å². The van der Waals surface area contributed by atoms with Crippen LogP contribution >= 0.6 is 0 Å². The molecule has 1 aliphatic heterocycles. The van der Waals surface area contributed by atoms with Crippen LogP contribution in [0.1, 0.15) is 45.3 Å². The molecule has 6 heteroatoms. The minimum atomic E-state index is 0.170. The van der Waals surface area contributed by atoms with Crippen LogP contribution < -0.4 is 0 Å². The molecule has 1 amide bonds. The Kier molecular flexibility index (Phi) is 4.92. The monoisotopic (exact) mass is 327 g/mol. The summed E-state index contributed by atoms with van der Waals surface area (Å²) >= 11 is 0. The highest BCUT2D eigenvalue weighted by Gasteiger charge is 2.22. The summed E-state index contributed by atoms with van der Waals surface area (Å²) in [5, 5.41) is 4.34. The third-order valence-electron chi connectivity index (χ3n) is 4.59. The lowest BCUT2D eigenvalue weighted by molar-refractivity contribution is -0.130. The summed E-state index contributed by atoms with van der Waals surface area (Å²) in [6.45, 7) is 7.56. The topological polar surface area (TPSA) is 63.9 Å². The lowest BCUT2D eigenvalue weighted by Crippen LogP contribution is -2.39. The Labute approximate surface area is 142 Å². The molecule has 1 fully saturated rings. The van der Waals surface area contributed by atoms with Crippen LogP contribution in [0.2, 0.25) is 0 Å². The molecule has 24 heavy (non-hydrogen) atoms. The summed E-state index contributed by atoms with van der Waals surface area (Å²) in [5.41, 5.74) is 2.83. The lowest BCUT2D eigenvalue weighted by atomic mass is 9.93. The van der Waals surface area contributed by atoms with Crippen molar-refractivity contribution in [3.05, 3.63) is 30.4 Å². The molecule has 0 unspecified atom stereocenters. The molecule has 0 aromatic carbocycles. The Morgan fingerprint density at radius 1 is 1.33 bits per heavy atom. The van der Waals surface area contributed by atoms with Gasteiger partial charge in [0, 0.05) is 38.4 Å². The molecule has 3 heterocycles. The molecule has 0 aliphatic carbocycles. The van der Waals surface area contributed by atoms with E-state index in [1.165, 1.54) is 0 Å². The number of hydrogen-bond acceptors (Lipinski definition) is 4. The van der Waals surface area contributed by atoms with Crippen LogP contribution in [-0.2, 0) is 11.2 Å². The van der Waals surface area contributed by atoms with Gasteiger partial charge in [-0.15, -0.1) is 0 Å². The van der Waals surface area contributed by atoms with Gasteiger partial charge < -0.3 is 4.90 Å². The molecule has 1 aliphatic rings. The number of amides is 1. The molecule has 0 bridgehead atoms. The van der Waals surface area contributed by atoms with Crippen molar-refractivity contribution in [2.75, 3.05) is 13.1 Å². The quantitative estimate of drug-likeness (QED) is 0.866. The van der Waals surface area contributed by atoms with Crippen LogP contribution in [0.25, 0.3) is 11.4 Å². The first kappa shape index (κ1) is 16.6. The van der Waals surface area contributed by atoms with E-state index in [1.54, 1.807) is 13.1 Å². The van der Waals surface area contributed by atoms with Gasteiger partial charge in [-0.2, -0.15) is 5.10 Å². The van der Waals surface area contributed by atoms with Crippen LogP contribution in [0.5, 0.6) is 0 Å². The maximum absolute atomic E-state index is 11.5. The third kappa shape index (κ3) is 3.63. The molecule has 0 N–H and O–H groups in total. The number of likely N-dealkylation sites (tertiary alicyclic amines) is 1. The first-order valence-corrected chi connectivity index (χ1v) is 8.65. The summed E-state index contributed by atoms with van der Waals surface area (Å²) in [6, 6.07) is 2.26. The fourth-order valence-electron chi connectivity index (χ4n) is 3.33. The molecule has 0 saturated carbocycles. The van der Waals surface area contributed by atoms with Gasteiger partial charge in [0.05, 0.1) is 17.6 Å². The minimum Gasteiger partial charge on any atom is -0.343 e. The average molecular weight is 327 g/mol. The zero-order chi connectivity index (χ0) is 17.1. The molecular formula is C18H25N5O. The van der Waals surface area contributed by atoms with Crippen LogP contribution in [-0.4, -0.2) is 43.6 Å². The highest BCUT2D eigenvalue weighted by atomic mass is 16.2. The van der Waals surface area contributed by atoms with E-state index >= 15 is 0 Å². The Morgan fingerprint density at radius 2 is 2.17 bits per heavy atom. The van der Waals surface area contributed by atoms with Crippen molar-refractivity contribution in [1.82, 2.24) is 24.6 Å². The summed E-state index contributed by atoms with van der Waals surface area (Å²) in [6.07, 6.45) is 8.58. The van der Waals surface area contributed by atoms with Crippen molar-refractivity contribution < 1.29 is 4.79 Å². The second kappa shape index (κ2) is 7.11. The molecule has 1 atom stereocenters. The van der Waals surface area contributed by atoms with Crippen molar-refractivity contribution in [3.8, 4) is 11.4 Å². The lowest BCUT2D eigenvalue weighted by Gasteiger charge is -2.31. The maximum atomic E-state index is 11.5. The van der Waals surface area contributed by atoms with E-state index < -0.39 is 0 Å². The highest BCUT2D eigenvalue weighted by molar-refractivity contribution is 5.73. The summed E-state index contributed by atoms with van der Waals surface area (Å²) in [7, 11) is 0. The fourth-order valence-corrected chi connectivity index (χ4v) is 3.33. The average Bonchev–Trinajstić information content (AvgIpc) is 3.06. The predicted octanol–water partition coefficient (Wildman–Crippen LogP) is 2.72. The van der Waals surface area contributed by atoms with Crippen molar-refractivity contribution >= 4 is 5.91 Å². The number of rotatable bonds is 4. The minimum absolute atomic E-state index is 0.170. The zero-order valence-electron chi connectivity index (χ0n) is 14.6. The van der Waals surface area contributed by atoms with Gasteiger partial charge in [-0.3, -0.25) is 19.4 Å². The fraction of sp³-hybridized carbons (Fsp3) is 0.556. The van der Waals surface area contributed by atoms with Gasteiger partial charge in [0.25, 0.3) is 0 Å². The van der Waals surface area contributed by atoms with E-state index in [-0.39, 0.29) is 11.9 Å². The predicted molar refractivity (Wildman–Crippen MR) is 92.3 cm³/mol. The normalized spacial score (nSPS) is 18.2. The number of carbonyl (C=O) groups excluding carboxylic acids is 1.